The van der Waals surface area contributed by atoms with Gasteiger partial charge in [0.05, 0.1) is 17.2 Å². The smallest absolute Gasteiger partial charge is 0.185 e. The summed E-state index contributed by atoms with van der Waals surface area (Å²) in [6.45, 7) is 2.51. The van der Waals surface area contributed by atoms with Crippen LogP contribution in [0.1, 0.15) is 61.9 Å². The van der Waals surface area contributed by atoms with E-state index in [0.29, 0.717) is 12.0 Å². The molecule has 4 heteroatoms. The fraction of sp³-hybridized carbons (Fsp3) is 0.800. The second-order valence-corrected chi connectivity index (χ2v) is 7.34. The van der Waals surface area contributed by atoms with Gasteiger partial charge in [-0.3, -0.25) is 0 Å². The van der Waals surface area contributed by atoms with Crippen molar-refractivity contribution < 1.29 is 5.11 Å². The van der Waals surface area contributed by atoms with Crippen LogP contribution >= 0.6 is 11.3 Å². The molecule has 19 heavy (non-hydrogen) atoms. The molecule has 1 aromatic heterocycles. The molecular formula is C15H24N2OS. The quantitative estimate of drug-likeness (QED) is 0.916. The molecule has 0 aliphatic heterocycles. The average Bonchev–Trinajstić information content (AvgIpc) is 3.17. The highest BCUT2D eigenvalue weighted by molar-refractivity contribution is 7.15. The Labute approximate surface area is 119 Å². The molecule has 106 valence electrons. The Kier molecular flexibility index (Phi) is 3.81. The van der Waals surface area contributed by atoms with E-state index in [9.17, 15) is 5.11 Å². The van der Waals surface area contributed by atoms with E-state index in [0.717, 1.165) is 15.9 Å². The number of anilines is 1. The molecule has 3 nitrogen and oxygen atoms in total. The van der Waals surface area contributed by atoms with Crippen molar-refractivity contribution in [3.63, 3.8) is 0 Å². The third-order valence-electron chi connectivity index (χ3n) is 4.58. The molecule has 2 fully saturated rings. The Balaban J connectivity index is 1.77. The normalized spacial score (nSPS) is 27.5. The molecule has 0 aromatic carbocycles. The second kappa shape index (κ2) is 5.41. The number of thiazole rings is 1. The maximum atomic E-state index is 9.49. The van der Waals surface area contributed by atoms with Gasteiger partial charge in [-0.05, 0) is 31.6 Å². The summed E-state index contributed by atoms with van der Waals surface area (Å²) >= 11 is 1.70. The van der Waals surface area contributed by atoms with Crippen LogP contribution in [0.5, 0.6) is 0 Å². The van der Waals surface area contributed by atoms with Crippen molar-refractivity contribution in [2.24, 2.45) is 5.92 Å². The fourth-order valence-corrected chi connectivity index (χ4v) is 4.24. The molecule has 0 spiro atoms. The van der Waals surface area contributed by atoms with Gasteiger partial charge in [-0.2, -0.15) is 0 Å². The molecule has 0 bridgehead atoms. The van der Waals surface area contributed by atoms with Crippen molar-refractivity contribution in [1.82, 2.24) is 4.98 Å². The molecule has 0 radical (unpaired) electrons. The maximum Gasteiger partial charge on any atom is 0.185 e. The van der Waals surface area contributed by atoms with E-state index in [1.807, 2.05) is 0 Å². The Hall–Kier alpha value is -0.610. The molecule has 1 aromatic rings. The third-order valence-corrected chi connectivity index (χ3v) is 5.73. The van der Waals surface area contributed by atoms with Crippen LogP contribution in [0.15, 0.2) is 0 Å². The van der Waals surface area contributed by atoms with Gasteiger partial charge < -0.3 is 10.0 Å². The standard InChI is InChI=1S/C15H24N2OS/c1-10-4-3-5-12(8-10)17(2)15-16-14(11-6-7-11)13(9-18)19-15/h10-12,18H,3-9H2,1-2H3. The number of hydrogen-bond acceptors (Lipinski definition) is 4. The Bertz CT molecular complexity index is 441. The van der Waals surface area contributed by atoms with Gasteiger partial charge in [0.15, 0.2) is 5.13 Å². The van der Waals surface area contributed by atoms with Crippen LogP contribution in [0.3, 0.4) is 0 Å². The molecule has 2 saturated carbocycles. The SMILES string of the molecule is CC1CCCC(N(C)c2nc(C3CC3)c(CO)s2)C1. The summed E-state index contributed by atoms with van der Waals surface area (Å²) in [7, 11) is 2.18. The first-order valence-corrected chi connectivity index (χ1v) is 8.34. The second-order valence-electron chi connectivity index (χ2n) is 6.27. The van der Waals surface area contributed by atoms with E-state index in [4.69, 9.17) is 4.98 Å². The highest BCUT2D eigenvalue weighted by Crippen LogP contribution is 2.44. The first kappa shape index (κ1) is 13.4. The van der Waals surface area contributed by atoms with Crippen molar-refractivity contribution >= 4 is 16.5 Å². The van der Waals surface area contributed by atoms with Crippen LogP contribution in [0, 0.1) is 5.92 Å². The lowest BCUT2D eigenvalue weighted by Gasteiger charge is -2.33. The number of aromatic nitrogens is 1. The molecule has 2 atom stereocenters. The number of aliphatic hydroxyl groups excluding tert-OH is 1. The van der Waals surface area contributed by atoms with Crippen molar-refractivity contribution in [2.45, 2.75) is 64.0 Å². The molecular weight excluding hydrogens is 256 g/mol. The van der Waals surface area contributed by atoms with Crippen LogP contribution < -0.4 is 4.90 Å². The fourth-order valence-electron chi connectivity index (χ4n) is 3.20. The topological polar surface area (TPSA) is 36.4 Å². The molecule has 1 N–H and O–H groups in total. The van der Waals surface area contributed by atoms with Crippen molar-refractivity contribution in [2.75, 3.05) is 11.9 Å². The van der Waals surface area contributed by atoms with Crippen LogP contribution in [-0.2, 0) is 6.61 Å². The predicted octanol–water partition coefficient (Wildman–Crippen LogP) is 3.53. The Morgan fingerprint density at radius 1 is 1.32 bits per heavy atom. The van der Waals surface area contributed by atoms with Crippen molar-refractivity contribution in [1.29, 1.82) is 0 Å². The van der Waals surface area contributed by atoms with Crippen LogP contribution in [0.4, 0.5) is 5.13 Å². The van der Waals surface area contributed by atoms with Crippen molar-refractivity contribution in [3.05, 3.63) is 10.6 Å². The molecule has 2 aliphatic rings. The van der Waals surface area contributed by atoms with Gasteiger partial charge in [-0.15, -0.1) is 0 Å². The van der Waals surface area contributed by atoms with E-state index < -0.39 is 0 Å². The lowest BCUT2D eigenvalue weighted by atomic mass is 9.86. The molecule has 0 amide bonds. The highest BCUT2D eigenvalue weighted by atomic mass is 32.1. The summed E-state index contributed by atoms with van der Waals surface area (Å²) in [5.74, 6) is 1.47. The van der Waals surface area contributed by atoms with Gasteiger partial charge in [0.1, 0.15) is 0 Å². The maximum absolute atomic E-state index is 9.49. The van der Waals surface area contributed by atoms with Crippen molar-refractivity contribution in [3.8, 4) is 0 Å². The van der Waals surface area contributed by atoms with Crippen LogP contribution in [0.2, 0.25) is 0 Å². The number of rotatable bonds is 4. The number of nitrogens with zero attached hydrogens (tertiary/aromatic N) is 2. The minimum Gasteiger partial charge on any atom is -0.391 e. The van der Waals surface area contributed by atoms with Gasteiger partial charge >= 0.3 is 0 Å². The summed E-state index contributed by atoms with van der Waals surface area (Å²) in [6, 6.07) is 0.633. The average molecular weight is 280 g/mol. The predicted molar refractivity (Wildman–Crippen MR) is 79.8 cm³/mol. The molecule has 1 heterocycles. The summed E-state index contributed by atoms with van der Waals surface area (Å²) in [5.41, 5.74) is 1.18. The van der Waals surface area contributed by atoms with Crippen LogP contribution in [-0.4, -0.2) is 23.2 Å². The first-order chi connectivity index (χ1) is 9.19. The largest absolute Gasteiger partial charge is 0.391 e. The number of aliphatic hydroxyl groups is 1. The lowest BCUT2D eigenvalue weighted by Crippen LogP contribution is -2.35. The zero-order chi connectivity index (χ0) is 13.4. The Morgan fingerprint density at radius 2 is 2.11 bits per heavy atom. The summed E-state index contributed by atoms with van der Waals surface area (Å²) < 4.78 is 0. The van der Waals surface area contributed by atoms with E-state index in [1.165, 1.54) is 44.2 Å². The summed E-state index contributed by atoms with van der Waals surface area (Å²) in [6.07, 6.45) is 7.78. The third kappa shape index (κ3) is 2.79. The minimum atomic E-state index is 0.151. The van der Waals surface area contributed by atoms with Gasteiger partial charge in [0, 0.05) is 19.0 Å². The van der Waals surface area contributed by atoms with Gasteiger partial charge in [0.25, 0.3) is 0 Å². The highest BCUT2D eigenvalue weighted by Gasteiger charge is 2.31. The van der Waals surface area contributed by atoms with Gasteiger partial charge in [0.2, 0.25) is 0 Å². The summed E-state index contributed by atoms with van der Waals surface area (Å²) in [5, 5.41) is 10.6. The van der Waals surface area contributed by atoms with Gasteiger partial charge in [-0.25, -0.2) is 4.98 Å². The molecule has 2 aliphatic carbocycles. The lowest BCUT2D eigenvalue weighted by molar-refractivity contribution is 0.284. The van der Waals surface area contributed by atoms with E-state index in [-0.39, 0.29) is 6.61 Å². The minimum absolute atomic E-state index is 0.151. The molecule has 3 rings (SSSR count). The Morgan fingerprint density at radius 3 is 2.74 bits per heavy atom. The van der Waals surface area contributed by atoms with E-state index in [1.54, 1.807) is 11.3 Å². The first-order valence-electron chi connectivity index (χ1n) is 7.52. The zero-order valence-electron chi connectivity index (χ0n) is 11.9. The number of hydrogen-bond donors (Lipinski definition) is 1. The summed E-state index contributed by atoms with van der Waals surface area (Å²) in [4.78, 5) is 8.29. The van der Waals surface area contributed by atoms with Crippen LogP contribution in [0.25, 0.3) is 0 Å². The molecule has 0 saturated heterocycles. The monoisotopic (exact) mass is 280 g/mol. The van der Waals surface area contributed by atoms with E-state index in [2.05, 4.69) is 18.9 Å². The zero-order valence-corrected chi connectivity index (χ0v) is 12.7. The van der Waals surface area contributed by atoms with Gasteiger partial charge in [-0.1, -0.05) is 31.1 Å². The molecule has 2 unspecified atom stereocenters. The van der Waals surface area contributed by atoms with E-state index >= 15 is 0 Å².